The summed E-state index contributed by atoms with van der Waals surface area (Å²) >= 11 is 0. The van der Waals surface area contributed by atoms with Gasteiger partial charge in [-0.1, -0.05) is 48.5 Å². The lowest BCUT2D eigenvalue weighted by Crippen LogP contribution is -2.60. The van der Waals surface area contributed by atoms with E-state index in [2.05, 4.69) is 0 Å². The van der Waals surface area contributed by atoms with Crippen LogP contribution in [-0.4, -0.2) is 49.0 Å². The average molecular weight is 492 g/mol. The lowest BCUT2D eigenvalue weighted by molar-refractivity contribution is -0.207. The molecule has 8 nitrogen and oxygen atoms in total. The average Bonchev–Trinajstić information content (AvgIpc) is 3.32. The Balaban J connectivity index is 1.90. The van der Waals surface area contributed by atoms with Crippen LogP contribution < -0.4 is 10.2 Å². The molecule has 1 amide bonds. The van der Waals surface area contributed by atoms with Crippen LogP contribution in [0.3, 0.4) is 0 Å². The lowest BCUT2D eigenvalue weighted by Gasteiger charge is -2.30. The van der Waals surface area contributed by atoms with Crippen LogP contribution in [0.15, 0.2) is 54.6 Å². The fourth-order valence-corrected chi connectivity index (χ4v) is 4.45. The first-order chi connectivity index (χ1) is 16.6. The van der Waals surface area contributed by atoms with Crippen molar-refractivity contribution in [1.82, 2.24) is 5.32 Å². The summed E-state index contributed by atoms with van der Waals surface area (Å²) in [5.41, 5.74) is -5.09. The molecule has 0 unspecified atom stereocenters. The summed E-state index contributed by atoms with van der Waals surface area (Å²) in [5, 5.41) is 1.96. The Bertz CT molecular complexity index is 1120. The monoisotopic (exact) mass is 492 g/mol. The molecule has 0 bridgehead atoms. The predicted molar refractivity (Wildman–Crippen MR) is 116 cm³/mol. The molecule has 1 saturated heterocycles. The molecule has 2 aliphatic rings. The zero-order valence-electron chi connectivity index (χ0n) is 18.9. The maximum atomic E-state index is 14.5. The Kier molecular flexibility index (Phi) is 6.32. The van der Waals surface area contributed by atoms with E-state index in [0.29, 0.717) is 5.56 Å². The second kappa shape index (κ2) is 8.97. The van der Waals surface area contributed by atoms with Crippen molar-refractivity contribution in [1.29, 1.82) is 0 Å². The summed E-state index contributed by atoms with van der Waals surface area (Å²) in [5.74, 6) is -3.94. The summed E-state index contributed by atoms with van der Waals surface area (Å²) in [6, 6.07) is 11.7. The van der Waals surface area contributed by atoms with Crippen molar-refractivity contribution >= 4 is 23.5 Å². The third kappa shape index (κ3) is 3.84. The smallest absolute Gasteiger partial charge is 0.407 e. The summed E-state index contributed by atoms with van der Waals surface area (Å²) in [4.78, 5) is 40.8. The van der Waals surface area contributed by atoms with Gasteiger partial charge in [-0.3, -0.25) is 10.1 Å². The highest BCUT2D eigenvalue weighted by Crippen LogP contribution is 2.54. The third-order valence-electron chi connectivity index (χ3n) is 5.86. The van der Waals surface area contributed by atoms with E-state index in [1.165, 1.54) is 32.0 Å². The first kappa shape index (κ1) is 24.7. The van der Waals surface area contributed by atoms with E-state index >= 15 is 0 Å². The molecule has 2 heterocycles. The van der Waals surface area contributed by atoms with Gasteiger partial charge in [0.2, 0.25) is 5.60 Å². The predicted octanol–water partition coefficient (Wildman–Crippen LogP) is 2.80. The number of carbonyl (C=O) groups is 3. The molecule has 11 heteroatoms. The van der Waals surface area contributed by atoms with E-state index < -0.39 is 41.4 Å². The topological polar surface area (TPSA) is 94.2 Å². The van der Waals surface area contributed by atoms with Gasteiger partial charge in [0, 0.05) is 5.56 Å². The van der Waals surface area contributed by atoms with Crippen LogP contribution in [0.2, 0.25) is 0 Å². The molecule has 35 heavy (non-hydrogen) atoms. The maximum Gasteiger partial charge on any atom is 0.407 e. The van der Waals surface area contributed by atoms with Gasteiger partial charge >= 0.3 is 23.8 Å². The molecule has 0 saturated carbocycles. The van der Waals surface area contributed by atoms with Crippen molar-refractivity contribution in [2.24, 2.45) is 0 Å². The largest absolute Gasteiger partial charge is 0.462 e. The van der Waals surface area contributed by atoms with Crippen LogP contribution in [0.4, 0.5) is 18.9 Å². The van der Waals surface area contributed by atoms with Crippen molar-refractivity contribution in [2.45, 2.75) is 43.9 Å². The van der Waals surface area contributed by atoms with Gasteiger partial charge in [-0.25, -0.2) is 9.59 Å². The molecule has 2 aliphatic heterocycles. The minimum atomic E-state index is -5.10. The van der Waals surface area contributed by atoms with Gasteiger partial charge in [0.25, 0.3) is 5.91 Å². The van der Waals surface area contributed by atoms with E-state index in [0.717, 1.165) is 4.90 Å². The number of amides is 1. The number of anilines is 1. The van der Waals surface area contributed by atoms with Crippen molar-refractivity contribution in [3.63, 3.8) is 0 Å². The first-order valence-corrected chi connectivity index (χ1v) is 11.0. The number of fused-ring (bicyclic) bond motifs is 2. The van der Waals surface area contributed by atoms with E-state index in [9.17, 15) is 27.6 Å². The molecule has 2 aromatic rings. The number of esters is 2. The molecule has 2 atom stereocenters. The summed E-state index contributed by atoms with van der Waals surface area (Å²) in [6.07, 6.45) is -5.10. The van der Waals surface area contributed by atoms with Crippen molar-refractivity contribution in [3.8, 4) is 0 Å². The van der Waals surface area contributed by atoms with Crippen LogP contribution in [0.25, 0.3) is 0 Å². The van der Waals surface area contributed by atoms with Gasteiger partial charge in [-0.05, 0) is 25.5 Å². The first-order valence-electron chi connectivity index (χ1n) is 11.0. The number of hydrogen-bond acceptors (Lipinski definition) is 7. The number of benzene rings is 2. The Morgan fingerprint density at radius 1 is 1.00 bits per heavy atom. The van der Waals surface area contributed by atoms with Crippen LogP contribution in [0, 0.1) is 0 Å². The standard InChI is InChI=1S/C24H23F3N2O6/c1-3-33-20(31)23(21(32)34-4-2)28-18(24(25,26)27)22(35-23)16-12-8-9-13-17(16)29(19(22)30)14-15-10-6-5-7-11-15/h5-13,18,28H,3-4,14H2,1-2H3/t18-,22+/m1/s1. The number of carbonyl (C=O) groups excluding carboxylic acids is 3. The number of rotatable bonds is 6. The molecule has 0 aliphatic carbocycles. The highest BCUT2D eigenvalue weighted by atomic mass is 19.4. The lowest BCUT2D eigenvalue weighted by atomic mass is 9.87. The highest BCUT2D eigenvalue weighted by Gasteiger charge is 2.77. The van der Waals surface area contributed by atoms with Gasteiger partial charge in [0.05, 0.1) is 25.4 Å². The number of nitrogens with one attached hydrogen (secondary N) is 1. The molecular weight excluding hydrogens is 469 g/mol. The molecular formula is C24H23F3N2O6. The maximum absolute atomic E-state index is 14.5. The quantitative estimate of drug-likeness (QED) is 0.490. The fourth-order valence-electron chi connectivity index (χ4n) is 4.45. The summed E-state index contributed by atoms with van der Waals surface area (Å²) < 4.78 is 59.0. The van der Waals surface area contributed by atoms with Gasteiger partial charge < -0.3 is 19.1 Å². The van der Waals surface area contributed by atoms with Crippen molar-refractivity contribution in [3.05, 3.63) is 65.7 Å². The molecule has 1 N–H and O–H groups in total. The van der Waals surface area contributed by atoms with E-state index in [4.69, 9.17) is 14.2 Å². The molecule has 0 aromatic heterocycles. The Morgan fingerprint density at radius 2 is 1.57 bits per heavy atom. The summed E-state index contributed by atoms with van der Waals surface area (Å²) in [6.45, 7) is 2.28. The Morgan fingerprint density at radius 3 is 2.14 bits per heavy atom. The number of nitrogens with zero attached hydrogens (tertiary/aromatic N) is 1. The molecule has 1 spiro atoms. The molecule has 2 aromatic carbocycles. The SMILES string of the molecule is CCOC(=O)C1(C(=O)OCC)N[C@@H](C(F)(F)F)[C@]2(O1)C(=O)N(Cc1ccccc1)c1ccccc12. The van der Waals surface area contributed by atoms with Crippen molar-refractivity contribution in [2.75, 3.05) is 18.1 Å². The van der Waals surface area contributed by atoms with Crippen LogP contribution >= 0.6 is 0 Å². The van der Waals surface area contributed by atoms with Crippen LogP contribution in [-0.2, 0) is 40.7 Å². The van der Waals surface area contributed by atoms with Gasteiger partial charge in [0.1, 0.15) is 6.04 Å². The van der Waals surface area contributed by atoms with Gasteiger partial charge in [-0.15, -0.1) is 0 Å². The second-order valence-corrected chi connectivity index (χ2v) is 7.97. The Labute approximate surface area is 198 Å². The van der Waals surface area contributed by atoms with Gasteiger partial charge in [-0.2, -0.15) is 13.2 Å². The zero-order chi connectivity index (χ0) is 25.4. The normalized spacial score (nSPS) is 22.8. The van der Waals surface area contributed by atoms with E-state index in [1.807, 2.05) is 5.32 Å². The molecule has 0 radical (unpaired) electrons. The number of hydrogen-bond donors (Lipinski definition) is 1. The number of alkyl halides is 3. The Hall–Kier alpha value is -3.44. The van der Waals surface area contributed by atoms with Crippen LogP contribution in [0.1, 0.15) is 25.0 Å². The van der Waals surface area contributed by atoms with E-state index in [-0.39, 0.29) is 31.0 Å². The molecule has 4 rings (SSSR count). The highest BCUT2D eigenvalue weighted by molar-refractivity contribution is 6.11. The van der Waals surface area contributed by atoms with E-state index in [1.54, 1.807) is 36.4 Å². The molecule has 1 fully saturated rings. The number of ether oxygens (including phenoxy) is 3. The molecule has 186 valence electrons. The third-order valence-corrected chi connectivity index (χ3v) is 5.86. The second-order valence-electron chi connectivity index (χ2n) is 7.97. The van der Waals surface area contributed by atoms with Gasteiger partial charge in [0.15, 0.2) is 0 Å². The van der Waals surface area contributed by atoms with Crippen molar-refractivity contribution < 1.29 is 41.8 Å². The fraction of sp³-hybridized carbons (Fsp3) is 0.375. The minimum absolute atomic E-state index is 0.0574. The minimum Gasteiger partial charge on any atom is -0.462 e. The number of halogens is 3. The summed E-state index contributed by atoms with van der Waals surface area (Å²) in [7, 11) is 0. The van der Waals surface area contributed by atoms with Crippen LogP contribution in [0.5, 0.6) is 0 Å². The number of para-hydroxylation sites is 1. The zero-order valence-corrected chi connectivity index (χ0v) is 18.9.